The standard InChI is InChI=1S/C19H19NO3/c1-19(2)11-20(10-14-5-3-4-6-15(14)19)18(21)13-7-8-16-17(9-13)23-12-22-16/h3-9H,10-12H2,1-2H3. The van der Waals surface area contributed by atoms with Gasteiger partial charge in [-0.05, 0) is 29.3 Å². The Hall–Kier alpha value is -2.49. The Morgan fingerprint density at radius 2 is 1.87 bits per heavy atom. The van der Waals surface area contributed by atoms with E-state index in [1.54, 1.807) is 12.1 Å². The van der Waals surface area contributed by atoms with Gasteiger partial charge in [0.15, 0.2) is 11.5 Å². The van der Waals surface area contributed by atoms with Gasteiger partial charge in [-0.3, -0.25) is 4.79 Å². The normalized spacial score (nSPS) is 17.7. The molecule has 4 nitrogen and oxygen atoms in total. The number of nitrogens with zero attached hydrogens (tertiary/aromatic N) is 1. The maximum absolute atomic E-state index is 12.9. The van der Waals surface area contributed by atoms with E-state index in [2.05, 4.69) is 32.0 Å². The Labute approximate surface area is 135 Å². The highest BCUT2D eigenvalue weighted by Gasteiger charge is 2.34. The van der Waals surface area contributed by atoms with Crippen molar-refractivity contribution >= 4 is 5.91 Å². The summed E-state index contributed by atoms with van der Waals surface area (Å²) >= 11 is 0. The number of hydrogen-bond acceptors (Lipinski definition) is 3. The summed E-state index contributed by atoms with van der Waals surface area (Å²) < 4.78 is 10.7. The van der Waals surface area contributed by atoms with Crippen molar-refractivity contribution in [2.45, 2.75) is 25.8 Å². The number of carbonyl (C=O) groups excluding carboxylic acids is 1. The number of rotatable bonds is 1. The van der Waals surface area contributed by atoms with Gasteiger partial charge in [0.1, 0.15) is 0 Å². The van der Waals surface area contributed by atoms with Gasteiger partial charge < -0.3 is 14.4 Å². The fraction of sp³-hybridized carbons (Fsp3) is 0.316. The lowest BCUT2D eigenvalue weighted by Crippen LogP contribution is -2.45. The lowest BCUT2D eigenvalue weighted by Gasteiger charge is -2.40. The number of benzene rings is 2. The lowest BCUT2D eigenvalue weighted by molar-refractivity contribution is 0.0686. The van der Waals surface area contributed by atoms with Crippen LogP contribution in [0, 0.1) is 0 Å². The fourth-order valence-electron chi connectivity index (χ4n) is 3.50. The Balaban J connectivity index is 1.65. The van der Waals surface area contributed by atoms with E-state index in [0.29, 0.717) is 30.2 Å². The Morgan fingerprint density at radius 1 is 1.09 bits per heavy atom. The average Bonchev–Trinajstić information content (AvgIpc) is 3.01. The minimum atomic E-state index is -0.0547. The molecule has 0 unspecified atom stereocenters. The molecule has 0 bridgehead atoms. The summed E-state index contributed by atoms with van der Waals surface area (Å²) in [5.41, 5.74) is 3.14. The van der Waals surface area contributed by atoms with E-state index in [9.17, 15) is 4.79 Å². The summed E-state index contributed by atoms with van der Waals surface area (Å²) in [6.07, 6.45) is 0. The van der Waals surface area contributed by atoms with Gasteiger partial charge in [-0.25, -0.2) is 0 Å². The molecule has 2 aliphatic heterocycles. The van der Waals surface area contributed by atoms with E-state index < -0.39 is 0 Å². The second kappa shape index (κ2) is 5.01. The highest BCUT2D eigenvalue weighted by Crippen LogP contribution is 2.36. The van der Waals surface area contributed by atoms with Gasteiger partial charge in [0.25, 0.3) is 5.91 Å². The van der Waals surface area contributed by atoms with Crippen molar-refractivity contribution in [3.05, 3.63) is 59.2 Å². The van der Waals surface area contributed by atoms with E-state index in [0.717, 1.165) is 0 Å². The molecule has 0 fully saturated rings. The molecule has 0 spiro atoms. The molecule has 0 atom stereocenters. The van der Waals surface area contributed by atoms with E-state index >= 15 is 0 Å². The zero-order valence-electron chi connectivity index (χ0n) is 13.3. The topological polar surface area (TPSA) is 38.8 Å². The second-order valence-electron chi connectivity index (χ2n) is 6.77. The largest absolute Gasteiger partial charge is 0.454 e. The van der Waals surface area contributed by atoms with Crippen LogP contribution in [-0.4, -0.2) is 24.1 Å². The lowest BCUT2D eigenvalue weighted by atomic mass is 9.78. The second-order valence-corrected chi connectivity index (χ2v) is 6.77. The molecule has 4 heteroatoms. The smallest absolute Gasteiger partial charge is 0.254 e. The van der Waals surface area contributed by atoms with Crippen LogP contribution >= 0.6 is 0 Å². The number of carbonyl (C=O) groups is 1. The van der Waals surface area contributed by atoms with Crippen LogP contribution in [-0.2, 0) is 12.0 Å². The highest BCUT2D eigenvalue weighted by molar-refractivity contribution is 5.95. The molecule has 2 aromatic carbocycles. The van der Waals surface area contributed by atoms with Crippen molar-refractivity contribution in [1.82, 2.24) is 4.90 Å². The first-order valence-corrected chi connectivity index (χ1v) is 7.82. The summed E-state index contributed by atoms with van der Waals surface area (Å²) in [7, 11) is 0. The van der Waals surface area contributed by atoms with Crippen LogP contribution in [0.2, 0.25) is 0 Å². The molecule has 1 amide bonds. The van der Waals surface area contributed by atoms with Gasteiger partial charge in [-0.1, -0.05) is 38.1 Å². The maximum atomic E-state index is 12.9. The summed E-state index contributed by atoms with van der Waals surface area (Å²) in [5.74, 6) is 1.38. The fourth-order valence-corrected chi connectivity index (χ4v) is 3.50. The third kappa shape index (κ3) is 2.34. The van der Waals surface area contributed by atoms with Gasteiger partial charge in [0.05, 0.1) is 0 Å². The van der Waals surface area contributed by atoms with E-state index in [1.807, 2.05) is 17.0 Å². The van der Waals surface area contributed by atoms with Crippen LogP contribution in [0.25, 0.3) is 0 Å². The Bertz CT molecular complexity index is 782. The van der Waals surface area contributed by atoms with Gasteiger partial charge in [-0.15, -0.1) is 0 Å². The molecule has 2 aromatic rings. The van der Waals surface area contributed by atoms with Crippen LogP contribution in [0.1, 0.15) is 35.3 Å². The van der Waals surface area contributed by atoms with Gasteiger partial charge in [0, 0.05) is 24.1 Å². The summed E-state index contributed by atoms with van der Waals surface area (Å²) in [5, 5.41) is 0. The predicted octanol–water partition coefficient (Wildman–Crippen LogP) is 3.35. The van der Waals surface area contributed by atoms with Crippen LogP contribution in [0.15, 0.2) is 42.5 Å². The van der Waals surface area contributed by atoms with Crippen LogP contribution in [0.3, 0.4) is 0 Å². The van der Waals surface area contributed by atoms with Crippen molar-refractivity contribution in [3.63, 3.8) is 0 Å². The third-order valence-electron chi connectivity index (χ3n) is 4.60. The van der Waals surface area contributed by atoms with Crippen molar-refractivity contribution in [1.29, 1.82) is 0 Å². The number of fused-ring (bicyclic) bond motifs is 2. The molecule has 23 heavy (non-hydrogen) atoms. The molecule has 0 saturated heterocycles. The number of ether oxygens (including phenoxy) is 2. The first-order valence-electron chi connectivity index (χ1n) is 7.82. The Kier molecular flexibility index (Phi) is 3.08. The quantitative estimate of drug-likeness (QED) is 0.811. The third-order valence-corrected chi connectivity index (χ3v) is 4.60. The molecule has 2 aliphatic rings. The summed E-state index contributed by atoms with van der Waals surface area (Å²) in [6.45, 7) is 5.94. The minimum Gasteiger partial charge on any atom is -0.454 e. The van der Waals surface area contributed by atoms with Crippen LogP contribution < -0.4 is 9.47 Å². The average molecular weight is 309 g/mol. The van der Waals surface area contributed by atoms with Crippen molar-refractivity contribution in [3.8, 4) is 11.5 Å². The minimum absolute atomic E-state index is 0.0332. The first-order chi connectivity index (χ1) is 11.0. The highest BCUT2D eigenvalue weighted by atomic mass is 16.7. The zero-order valence-corrected chi connectivity index (χ0v) is 13.3. The molecule has 0 aromatic heterocycles. The molecular weight excluding hydrogens is 290 g/mol. The molecule has 0 aliphatic carbocycles. The van der Waals surface area contributed by atoms with E-state index in [4.69, 9.17) is 9.47 Å². The molecule has 2 heterocycles. The first kappa shape index (κ1) is 14.1. The molecular formula is C19H19NO3. The molecule has 4 rings (SSSR count). The summed E-state index contributed by atoms with van der Waals surface area (Å²) in [4.78, 5) is 14.8. The van der Waals surface area contributed by atoms with Crippen molar-refractivity contribution in [2.75, 3.05) is 13.3 Å². The van der Waals surface area contributed by atoms with E-state index in [-0.39, 0.29) is 18.1 Å². The number of hydrogen-bond donors (Lipinski definition) is 0. The number of amides is 1. The van der Waals surface area contributed by atoms with Gasteiger partial charge >= 0.3 is 0 Å². The van der Waals surface area contributed by atoms with Crippen LogP contribution in [0.4, 0.5) is 0 Å². The molecule has 0 radical (unpaired) electrons. The molecule has 0 saturated carbocycles. The Morgan fingerprint density at radius 3 is 2.74 bits per heavy atom. The monoisotopic (exact) mass is 309 g/mol. The van der Waals surface area contributed by atoms with Crippen molar-refractivity contribution in [2.24, 2.45) is 0 Å². The molecule has 118 valence electrons. The predicted molar refractivity (Wildman–Crippen MR) is 86.8 cm³/mol. The molecule has 0 N–H and O–H groups in total. The maximum Gasteiger partial charge on any atom is 0.254 e. The van der Waals surface area contributed by atoms with E-state index in [1.165, 1.54) is 11.1 Å². The zero-order chi connectivity index (χ0) is 16.0. The SMILES string of the molecule is CC1(C)CN(C(=O)c2ccc3c(c2)OCO3)Cc2ccccc21. The van der Waals surface area contributed by atoms with Gasteiger partial charge in [0.2, 0.25) is 6.79 Å². The summed E-state index contributed by atoms with van der Waals surface area (Å²) in [6, 6.07) is 13.8. The van der Waals surface area contributed by atoms with Crippen LogP contribution in [0.5, 0.6) is 11.5 Å². The van der Waals surface area contributed by atoms with Crippen molar-refractivity contribution < 1.29 is 14.3 Å². The van der Waals surface area contributed by atoms with Gasteiger partial charge in [-0.2, -0.15) is 0 Å².